The van der Waals surface area contributed by atoms with Crippen LogP contribution in [-0.2, 0) is 6.61 Å². The van der Waals surface area contributed by atoms with Crippen molar-refractivity contribution in [3.63, 3.8) is 0 Å². The summed E-state index contributed by atoms with van der Waals surface area (Å²) in [6.45, 7) is 4.06. The van der Waals surface area contributed by atoms with Gasteiger partial charge in [-0.2, -0.15) is 0 Å². The van der Waals surface area contributed by atoms with Crippen molar-refractivity contribution in [2.24, 2.45) is 0 Å². The van der Waals surface area contributed by atoms with Gasteiger partial charge in [0, 0.05) is 16.9 Å². The van der Waals surface area contributed by atoms with E-state index in [1.54, 1.807) is 0 Å². The molecule has 0 fully saturated rings. The highest BCUT2D eigenvalue weighted by Gasteiger charge is 2.06. The highest BCUT2D eigenvalue weighted by atomic mass is 32.1. The lowest BCUT2D eigenvalue weighted by Crippen LogP contribution is -2.21. The number of thiocarbonyl (C=S) groups is 1. The van der Waals surface area contributed by atoms with Crippen LogP contribution in [0.15, 0.2) is 42.5 Å². The van der Waals surface area contributed by atoms with Gasteiger partial charge in [-0.15, -0.1) is 0 Å². The third kappa shape index (κ3) is 3.35. The summed E-state index contributed by atoms with van der Waals surface area (Å²) >= 11 is 5.34. The van der Waals surface area contributed by atoms with Gasteiger partial charge in [-0.1, -0.05) is 36.4 Å². The van der Waals surface area contributed by atoms with Gasteiger partial charge in [-0.05, 0) is 43.3 Å². The van der Waals surface area contributed by atoms with Crippen molar-refractivity contribution >= 4 is 28.7 Å². The van der Waals surface area contributed by atoms with E-state index in [0.29, 0.717) is 5.11 Å². The van der Waals surface area contributed by atoms with E-state index in [4.69, 9.17) is 12.2 Å². The fourth-order valence-corrected chi connectivity index (χ4v) is 2.27. The molecule has 20 heavy (non-hydrogen) atoms. The van der Waals surface area contributed by atoms with E-state index in [9.17, 15) is 5.11 Å². The zero-order valence-electron chi connectivity index (χ0n) is 11.6. The molecule has 0 saturated carbocycles. The fourth-order valence-electron chi connectivity index (χ4n) is 2.06. The molecule has 0 atom stereocenters. The molecule has 0 aliphatic heterocycles. The number of aliphatic hydroxyl groups excluding tert-OH is 1. The predicted molar refractivity (Wildman–Crippen MR) is 88.1 cm³/mol. The molecule has 2 aromatic carbocycles. The van der Waals surface area contributed by atoms with Gasteiger partial charge in [0.1, 0.15) is 0 Å². The molecule has 0 amide bonds. The second-order valence-electron chi connectivity index (χ2n) is 4.66. The van der Waals surface area contributed by atoms with Crippen LogP contribution in [0.2, 0.25) is 0 Å². The molecular formula is C16H18N2OS. The van der Waals surface area contributed by atoms with Crippen molar-refractivity contribution in [2.45, 2.75) is 20.5 Å². The molecule has 4 heteroatoms. The maximum absolute atomic E-state index is 9.31. The van der Waals surface area contributed by atoms with Crippen molar-refractivity contribution < 1.29 is 5.11 Å². The topological polar surface area (TPSA) is 44.3 Å². The molecule has 0 radical (unpaired) electrons. The minimum atomic E-state index is -0.0187. The van der Waals surface area contributed by atoms with Gasteiger partial charge < -0.3 is 15.7 Å². The molecule has 2 rings (SSSR count). The van der Waals surface area contributed by atoms with Crippen LogP contribution >= 0.6 is 12.2 Å². The van der Waals surface area contributed by atoms with E-state index in [0.717, 1.165) is 28.1 Å². The van der Waals surface area contributed by atoms with Crippen molar-refractivity contribution in [1.29, 1.82) is 0 Å². The smallest absolute Gasteiger partial charge is 0.175 e. The molecule has 3 N–H and O–H groups in total. The van der Waals surface area contributed by atoms with Gasteiger partial charge in [0.15, 0.2) is 5.11 Å². The summed E-state index contributed by atoms with van der Waals surface area (Å²) in [5, 5.41) is 16.2. The first-order chi connectivity index (χ1) is 9.61. The van der Waals surface area contributed by atoms with Gasteiger partial charge in [0.2, 0.25) is 0 Å². The molecule has 0 aliphatic rings. The molecular weight excluding hydrogens is 268 g/mol. The molecule has 2 aromatic rings. The number of aryl methyl sites for hydroxylation is 2. The van der Waals surface area contributed by atoms with Crippen molar-refractivity contribution in [3.05, 3.63) is 59.2 Å². The van der Waals surface area contributed by atoms with E-state index in [1.165, 1.54) is 0 Å². The Bertz CT molecular complexity index is 605. The lowest BCUT2D eigenvalue weighted by Gasteiger charge is -2.16. The average molecular weight is 286 g/mol. The third-order valence-electron chi connectivity index (χ3n) is 3.16. The highest BCUT2D eigenvalue weighted by Crippen LogP contribution is 2.20. The van der Waals surface area contributed by atoms with Crippen LogP contribution in [-0.4, -0.2) is 10.2 Å². The van der Waals surface area contributed by atoms with Crippen LogP contribution in [0.5, 0.6) is 0 Å². The van der Waals surface area contributed by atoms with Crippen LogP contribution in [0.25, 0.3) is 0 Å². The number of rotatable bonds is 3. The molecule has 0 unspecified atom stereocenters. The molecule has 0 bridgehead atoms. The summed E-state index contributed by atoms with van der Waals surface area (Å²) < 4.78 is 0. The summed E-state index contributed by atoms with van der Waals surface area (Å²) in [5.41, 5.74) is 4.94. The first-order valence-electron chi connectivity index (χ1n) is 6.45. The standard InChI is InChI=1S/C16H18N2OS/c1-11-6-5-7-12(2)15(11)18-16(20)17-14-9-4-3-8-13(14)10-19/h3-9,19H,10H2,1-2H3,(H2,17,18,20). The number of aliphatic hydroxyl groups is 1. The zero-order valence-corrected chi connectivity index (χ0v) is 12.4. The first kappa shape index (κ1) is 14.5. The first-order valence-corrected chi connectivity index (χ1v) is 6.85. The van der Waals surface area contributed by atoms with Crippen LogP contribution in [0.1, 0.15) is 16.7 Å². The summed E-state index contributed by atoms with van der Waals surface area (Å²) in [6.07, 6.45) is 0. The molecule has 0 aromatic heterocycles. The molecule has 0 saturated heterocycles. The largest absolute Gasteiger partial charge is 0.392 e. The quantitative estimate of drug-likeness (QED) is 0.754. The molecule has 0 heterocycles. The normalized spacial score (nSPS) is 10.2. The Labute approximate surface area is 124 Å². The maximum Gasteiger partial charge on any atom is 0.175 e. The van der Waals surface area contributed by atoms with Crippen LogP contribution in [0.3, 0.4) is 0 Å². The second kappa shape index (κ2) is 6.50. The van der Waals surface area contributed by atoms with E-state index >= 15 is 0 Å². The minimum absolute atomic E-state index is 0.0187. The van der Waals surface area contributed by atoms with Gasteiger partial charge >= 0.3 is 0 Å². The molecule has 104 valence electrons. The van der Waals surface area contributed by atoms with Crippen LogP contribution < -0.4 is 10.6 Å². The van der Waals surface area contributed by atoms with Crippen LogP contribution in [0, 0.1) is 13.8 Å². The molecule has 0 aliphatic carbocycles. The predicted octanol–water partition coefficient (Wildman–Crippen LogP) is 3.60. The number of hydrogen-bond acceptors (Lipinski definition) is 2. The second-order valence-corrected chi connectivity index (χ2v) is 5.07. The number of benzene rings is 2. The Morgan fingerprint density at radius 2 is 1.65 bits per heavy atom. The van der Waals surface area contributed by atoms with Gasteiger partial charge in [-0.25, -0.2) is 0 Å². The minimum Gasteiger partial charge on any atom is -0.392 e. The molecule has 0 spiro atoms. The lowest BCUT2D eigenvalue weighted by atomic mass is 10.1. The maximum atomic E-state index is 9.31. The van der Waals surface area contributed by atoms with Crippen molar-refractivity contribution in [3.8, 4) is 0 Å². The van der Waals surface area contributed by atoms with Gasteiger partial charge in [0.25, 0.3) is 0 Å². The SMILES string of the molecule is Cc1cccc(C)c1NC(=S)Nc1ccccc1CO. The molecule has 3 nitrogen and oxygen atoms in total. The zero-order chi connectivity index (χ0) is 14.5. The number of nitrogens with one attached hydrogen (secondary N) is 2. The van der Waals surface area contributed by atoms with E-state index in [1.807, 2.05) is 56.3 Å². The van der Waals surface area contributed by atoms with Crippen molar-refractivity contribution in [2.75, 3.05) is 10.6 Å². The van der Waals surface area contributed by atoms with E-state index in [2.05, 4.69) is 10.6 Å². The Kier molecular flexibility index (Phi) is 4.71. The summed E-state index contributed by atoms with van der Waals surface area (Å²) in [7, 11) is 0. The van der Waals surface area contributed by atoms with Crippen molar-refractivity contribution in [1.82, 2.24) is 0 Å². The van der Waals surface area contributed by atoms with Gasteiger partial charge in [-0.3, -0.25) is 0 Å². The summed E-state index contributed by atoms with van der Waals surface area (Å²) in [5.74, 6) is 0. The average Bonchev–Trinajstić information content (AvgIpc) is 2.44. The monoisotopic (exact) mass is 286 g/mol. The highest BCUT2D eigenvalue weighted by molar-refractivity contribution is 7.80. The number of para-hydroxylation sites is 2. The van der Waals surface area contributed by atoms with Crippen LogP contribution in [0.4, 0.5) is 11.4 Å². The summed E-state index contributed by atoms with van der Waals surface area (Å²) in [6, 6.07) is 13.7. The Morgan fingerprint density at radius 1 is 1.00 bits per heavy atom. The van der Waals surface area contributed by atoms with Gasteiger partial charge in [0.05, 0.1) is 6.61 Å². The number of hydrogen-bond donors (Lipinski definition) is 3. The summed E-state index contributed by atoms with van der Waals surface area (Å²) in [4.78, 5) is 0. The Balaban J connectivity index is 2.13. The fraction of sp³-hybridized carbons (Fsp3) is 0.188. The Morgan fingerprint density at radius 3 is 2.30 bits per heavy atom. The Hall–Kier alpha value is -1.91. The van der Waals surface area contributed by atoms with E-state index in [-0.39, 0.29) is 6.61 Å². The third-order valence-corrected chi connectivity index (χ3v) is 3.36. The number of anilines is 2. The van der Waals surface area contributed by atoms with E-state index < -0.39 is 0 Å². The lowest BCUT2D eigenvalue weighted by molar-refractivity contribution is 0.282.